The summed E-state index contributed by atoms with van der Waals surface area (Å²) in [5.74, 6) is 0.155. The van der Waals surface area contributed by atoms with Crippen molar-refractivity contribution >= 4 is 5.91 Å². The quantitative estimate of drug-likeness (QED) is 0.558. The third-order valence-corrected chi connectivity index (χ3v) is 1.88. The third kappa shape index (κ3) is 3.22. The van der Waals surface area contributed by atoms with Gasteiger partial charge in [0.25, 0.3) is 0 Å². The summed E-state index contributed by atoms with van der Waals surface area (Å²) in [6.45, 7) is 3.52. The molecule has 0 saturated carbocycles. The molecule has 0 bridgehead atoms. The summed E-state index contributed by atoms with van der Waals surface area (Å²) < 4.78 is 0. The van der Waals surface area contributed by atoms with Gasteiger partial charge in [-0.15, -0.1) is 0 Å². The van der Waals surface area contributed by atoms with E-state index in [0.29, 0.717) is 0 Å². The smallest absolute Gasteiger partial charge is 0.233 e. The molecule has 0 aromatic carbocycles. The van der Waals surface area contributed by atoms with Crippen LogP contribution in [0.25, 0.3) is 0 Å². The first kappa shape index (κ1) is 14.0. The van der Waals surface area contributed by atoms with Gasteiger partial charge in [-0.1, -0.05) is 14.9 Å². The zero-order chi connectivity index (χ0) is 7.56. The van der Waals surface area contributed by atoms with Crippen molar-refractivity contribution in [3.63, 3.8) is 0 Å². The predicted octanol–water partition coefficient (Wildman–Crippen LogP) is 1.75. The molecule has 1 aliphatic heterocycles. The van der Waals surface area contributed by atoms with Gasteiger partial charge in [-0.3, -0.25) is 9.80 Å². The Balaban J connectivity index is 0. The maximum absolute atomic E-state index is 10.9. The molecule has 0 unspecified atom stereocenters. The van der Waals surface area contributed by atoms with E-state index in [9.17, 15) is 4.79 Å². The molecule has 0 N–H and O–H groups in total. The number of amides is 1. The average Bonchev–Trinajstić information content (AvgIpc) is 1.88. The van der Waals surface area contributed by atoms with Crippen LogP contribution in [0.2, 0.25) is 0 Å². The maximum atomic E-state index is 10.9. The highest BCUT2D eigenvalue weighted by Crippen LogP contribution is 2.07. The van der Waals surface area contributed by atoms with Crippen LogP contribution >= 0.6 is 0 Å². The van der Waals surface area contributed by atoms with Crippen molar-refractivity contribution in [3.8, 4) is 0 Å². The molecule has 0 aliphatic carbocycles. The lowest BCUT2D eigenvalue weighted by molar-refractivity contribution is -0.147. The molecule has 1 aliphatic rings. The lowest BCUT2D eigenvalue weighted by Crippen LogP contribution is -2.47. The summed E-state index contributed by atoms with van der Waals surface area (Å²) in [4.78, 5) is 10.9. The van der Waals surface area contributed by atoms with Gasteiger partial charge in [-0.25, -0.2) is 5.01 Å². The van der Waals surface area contributed by atoms with E-state index < -0.39 is 0 Å². The molecule has 0 atom stereocenters. The Bertz CT molecular complexity index is 136. The van der Waals surface area contributed by atoms with Crippen molar-refractivity contribution in [1.82, 2.24) is 10.0 Å². The molecule has 3 heteroatoms. The van der Waals surface area contributed by atoms with Crippen molar-refractivity contribution in [3.05, 3.63) is 0 Å². The van der Waals surface area contributed by atoms with Gasteiger partial charge in [0.1, 0.15) is 0 Å². The van der Waals surface area contributed by atoms with Crippen molar-refractivity contribution < 1.29 is 4.79 Å². The summed E-state index contributed by atoms with van der Waals surface area (Å²) in [6.07, 6.45) is 2.35. The first-order valence-corrected chi connectivity index (χ1v) is 3.71. The van der Waals surface area contributed by atoms with Crippen LogP contribution in [0.3, 0.4) is 0 Å². The summed E-state index contributed by atoms with van der Waals surface area (Å²) in [7, 11) is 1.96. The van der Waals surface area contributed by atoms with Crippen LogP contribution in [0.5, 0.6) is 0 Å². The Labute approximate surface area is 76.3 Å². The number of rotatable bonds is 0. The first-order valence-electron chi connectivity index (χ1n) is 3.71. The monoisotopic (exact) mass is 174 g/mol. The Hall–Kier alpha value is -0.570. The Morgan fingerprint density at radius 3 is 2.00 bits per heavy atom. The van der Waals surface area contributed by atoms with Gasteiger partial charge in [0.05, 0.1) is 0 Å². The standard InChI is InChI=1S/C7H14N2O.2CH4/c1-7(10)9-6-4-3-5-8(9)2;;/h3-6H2,1-2H3;2*1H4. The number of hydrogen-bond acceptors (Lipinski definition) is 2. The normalized spacial score (nSPS) is 17.7. The summed E-state index contributed by atoms with van der Waals surface area (Å²) in [6, 6.07) is 0. The van der Waals surface area contributed by atoms with E-state index in [1.165, 1.54) is 6.42 Å². The van der Waals surface area contributed by atoms with E-state index >= 15 is 0 Å². The molecule has 0 aromatic heterocycles. The van der Waals surface area contributed by atoms with Gasteiger partial charge in [-0.05, 0) is 12.8 Å². The van der Waals surface area contributed by atoms with Gasteiger partial charge in [0.2, 0.25) is 5.91 Å². The maximum Gasteiger partial charge on any atom is 0.233 e. The molecule has 1 rings (SSSR count). The second-order valence-electron chi connectivity index (χ2n) is 2.73. The highest BCUT2D eigenvalue weighted by Gasteiger charge is 2.17. The van der Waals surface area contributed by atoms with Crippen LogP contribution in [-0.2, 0) is 4.79 Å². The highest BCUT2D eigenvalue weighted by atomic mass is 16.2. The lowest BCUT2D eigenvalue weighted by Gasteiger charge is -2.34. The van der Waals surface area contributed by atoms with E-state index in [-0.39, 0.29) is 20.8 Å². The molecule has 1 amide bonds. The van der Waals surface area contributed by atoms with Crippen molar-refractivity contribution in [1.29, 1.82) is 0 Å². The van der Waals surface area contributed by atoms with Crippen molar-refractivity contribution in [2.24, 2.45) is 0 Å². The van der Waals surface area contributed by atoms with Crippen LogP contribution in [0.15, 0.2) is 0 Å². The summed E-state index contributed by atoms with van der Waals surface area (Å²) in [5.41, 5.74) is 0. The SMILES string of the molecule is C.C.CC(=O)N1CCCCN1C. The van der Waals surface area contributed by atoms with E-state index in [1.807, 2.05) is 12.1 Å². The number of nitrogens with zero attached hydrogens (tertiary/aromatic N) is 2. The van der Waals surface area contributed by atoms with Gasteiger partial charge < -0.3 is 0 Å². The highest BCUT2D eigenvalue weighted by molar-refractivity contribution is 5.72. The molecule has 0 radical (unpaired) electrons. The van der Waals surface area contributed by atoms with E-state index in [2.05, 4.69) is 0 Å². The van der Waals surface area contributed by atoms with Gasteiger partial charge in [0.15, 0.2) is 0 Å². The van der Waals surface area contributed by atoms with Crippen LogP contribution < -0.4 is 0 Å². The number of hydrogen-bond donors (Lipinski definition) is 0. The Morgan fingerprint density at radius 1 is 1.17 bits per heavy atom. The molecule has 12 heavy (non-hydrogen) atoms. The molecular weight excluding hydrogens is 152 g/mol. The zero-order valence-corrected chi connectivity index (χ0v) is 6.63. The predicted molar refractivity (Wildman–Crippen MR) is 52.7 cm³/mol. The van der Waals surface area contributed by atoms with E-state index in [4.69, 9.17) is 0 Å². The molecule has 0 spiro atoms. The summed E-state index contributed by atoms with van der Waals surface area (Å²) >= 11 is 0. The first-order chi connectivity index (χ1) is 4.72. The molecule has 3 nitrogen and oxygen atoms in total. The summed E-state index contributed by atoms with van der Waals surface area (Å²) in [5, 5.41) is 3.79. The molecule has 0 aromatic rings. The molecular formula is C9H22N2O. The minimum atomic E-state index is 0. The van der Waals surface area contributed by atoms with Gasteiger partial charge in [-0.2, -0.15) is 0 Å². The number of carbonyl (C=O) groups excluding carboxylic acids is 1. The largest absolute Gasteiger partial charge is 0.276 e. The van der Waals surface area contributed by atoms with E-state index in [0.717, 1.165) is 19.5 Å². The minimum absolute atomic E-state index is 0. The second-order valence-corrected chi connectivity index (χ2v) is 2.73. The van der Waals surface area contributed by atoms with Crippen LogP contribution in [-0.4, -0.2) is 36.1 Å². The lowest BCUT2D eigenvalue weighted by atomic mass is 10.2. The van der Waals surface area contributed by atoms with Crippen molar-refractivity contribution in [2.45, 2.75) is 34.6 Å². The number of carbonyl (C=O) groups is 1. The molecule has 1 fully saturated rings. The second kappa shape index (κ2) is 6.00. The Morgan fingerprint density at radius 2 is 1.67 bits per heavy atom. The fourth-order valence-corrected chi connectivity index (χ4v) is 1.29. The average molecular weight is 174 g/mol. The van der Waals surface area contributed by atoms with Gasteiger partial charge in [0, 0.05) is 27.1 Å². The van der Waals surface area contributed by atoms with E-state index in [1.54, 1.807) is 11.9 Å². The van der Waals surface area contributed by atoms with Crippen LogP contribution in [0.1, 0.15) is 34.6 Å². The third-order valence-electron chi connectivity index (χ3n) is 1.88. The fraction of sp³-hybridized carbons (Fsp3) is 0.889. The Kier molecular flexibility index (Phi) is 6.99. The number of hydrazine groups is 1. The van der Waals surface area contributed by atoms with Crippen molar-refractivity contribution in [2.75, 3.05) is 20.1 Å². The fourth-order valence-electron chi connectivity index (χ4n) is 1.29. The van der Waals surface area contributed by atoms with Crippen LogP contribution in [0.4, 0.5) is 0 Å². The van der Waals surface area contributed by atoms with Crippen LogP contribution in [0, 0.1) is 0 Å². The molecule has 1 saturated heterocycles. The molecule has 1 heterocycles. The van der Waals surface area contributed by atoms with Gasteiger partial charge >= 0.3 is 0 Å². The minimum Gasteiger partial charge on any atom is -0.276 e. The molecule has 74 valence electrons. The zero-order valence-electron chi connectivity index (χ0n) is 6.63. The topological polar surface area (TPSA) is 23.6 Å².